The zero-order valence-corrected chi connectivity index (χ0v) is 12.1. The number of nitrogens with zero attached hydrogens (tertiary/aromatic N) is 2. The van der Waals surface area contributed by atoms with Crippen LogP contribution in [0.3, 0.4) is 0 Å². The van der Waals surface area contributed by atoms with Crippen molar-refractivity contribution in [3.8, 4) is 10.6 Å². The Labute approximate surface area is 126 Å². The fourth-order valence-corrected chi connectivity index (χ4v) is 2.88. The molecule has 3 nitrogen and oxygen atoms in total. The molecule has 3 rings (SSSR count). The number of aromatic nitrogens is 2. The van der Waals surface area contributed by atoms with Gasteiger partial charge in [-0.05, 0) is 17.7 Å². The summed E-state index contributed by atoms with van der Waals surface area (Å²) in [6, 6.07) is 17.2. The van der Waals surface area contributed by atoms with Crippen molar-refractivity contribution in [1.29, 1.82) is 0 Å². The van der Waals surface area contributed by atoms with Crippen molar-refractivity contribution in [2.45, 2.75) is 6.04 Å². The van der Waals surface area contributed by atoms with Crippen molar-refractivity contribution >= 4 is 22.9 Å². The van der Waals surface area contributed by atoms with Crippen molar-refractivity contribution in [2.75, 3.05) is 0 Å². The van der Waals surface area contributed by atoms with Crippen molar-refractivity contribution in [1.82, 2.24) is 10.2 Å². The second-order valence-corrected chi connectivity index (χ2v) is 5.79. The molecule has 5 heteroatoms. The second kappa shape index (κ2) is 5.71. The van der Waals surface area contributed by atoms with E-state index in [9.17, 15) is 0 Å². The zero-order chi connectivity index (χ0) is 13.9. The highest BCUT2D eigenvalue weighted by atomic mass is 35.5. The summed E-state index contributed by atoms with van der Waals surface area (Å²) in [5, 5.41) is 10.8. The number of hydrogen-bond acceptors (Lipinski definition) is 4. The van der Waals surface area contributed by atoms with Gasteiger partial charge in [0.25, 0.3) is 0 Å². The smallest absolute Gasteiger partial charge is 0.147 e. The van der Waals surface area contributed by atoms with E-state index in [1.54, 1.807) is 0 Å². The molecule has 0 fully saturated rings. The van der Waals surface area contributed by atoms with E-state index in [0.29, 0.717) is 5.02 Å². The zero-order valence-electron chi connectivity index (χ0n) is 10.5. The van der Waals surface area contributed by atoms with Gasteiger partial charge in [-0.2, -0.15) is 0 Å². The fourth-order valence-electron chi connectivity index (χ4n) is 1.87. The van der Waals surface area contributed by atoms with Crippen molar-refractivity contribution in [3.05, 3.63) is 70.2 Å². The predicted molar refractivity (Wildman–Crippen MR) is 82.8 cm³/mol. The Bertz CT molecular complexity index is 695. The van der Waals surface area contributed by atoms with Crippen LogP contribution in [0, 0.1) is 0 Å². The molecule has 1 unspecified atom stereocenters. The minimum Gasteiger partial charge on any atom is -0.318 e. The molecule has 0 spiro atoms. The molecule has 0 aliphatic carbocycles. The summed E-state index contributed by atoms with van der Waals surface area (Å²) in [5.74, 6) is 0. The maximum absolute atomic E-state index is 6.22. The van der Waals surface area contributed by atoms with Crippen LogP contribution in [0.25, 0.3) is 10.6 Å². The number of hydrogen-bond donors (Lipinski definition) is 1. The summed E-state index contributed by atoms with van der Waals surface area (Å²) in [6.07, 6.45) is 0. The normalized spacial score (nSPS) is 12.3. The Morgan fingerprint density at radius 2 is 1.65 bits per heavy atom. The van der Waals surface area contributed by atoms with Gasteiger partial charge in [-0.25, -0.2) is 0 Å². The highest BCUT2D eigenvalue weighted by molar-refractivity contribution is 7.14. The van der Waals surface area contributed by atoms with E-state index in [-0.39, 0.29) is 6.04 Å². The average molecular weight is 302 g/mol. The first-order valence-electron chi connectivity index (χ1n) is 6.14. The first-order valence-corrected chi connectivity index (χ1v) is 7.33. The van der Waals surface area contributed by atoms with E-state index in [1.807, 2.05) is 54.6 Å². The topological polar surface area (TPSA) is 51.8 Å². The lowest BCUT2D eigenvalue weighted by molar-refractivity contribution is 0.831. The minimum absolute atomic E-state index is 0.241. The first-order chi connectivity index (χ1) is 9.74. The molecule has 2 N–H and O–H groups in total. The fraction of sp³-hybridized carbons (Fsp3) is 0.0667. The van der Waals surface area contributed by atoms with Crippen molar-refractivity contribution in [3.63, 3.8) is 0 Å². The highest BCUT2D eigenvalue weighted by Crippen LogP contribution is 2.29. The SMILES string of the molecule is NC(c1ccccc1)c1nnc(-c2ccc(Cl)cc2)s1. The van der Waals surface area contributed by atoms with E-state index in [4.69, 9.17) is 17.3 Å². The van der Waals surface area contributed by atoms with Crippen LogP contribution in [0.1, 0.15) is 16.6 Å². The lowest BCUT2D eigenvalue weighted by Gasteiger charge is -2.06. The molecular weight excluding hydrogens is 290 g/mol. The van der Waals surface area contributed by atoms with Gasteiger partial charge in [0, 0.05) is 10.6 Å². The van der Waals surface area contributed by atoms with Gasteiger partial charge in [-0.15, -0.1) is 10.2 Å². The van der Waals surface area contributed by atoms with Crippen LogP contribution >= 0.6 is 22.9 Å². The van der Waals surface area contributed by atoms with Crippen LogP contribution in [0.5, 0.6) is 0 Å². The van der Waals surface area contributed by atoms with E-state index in [2.05, 4.69) is 10.2 Å². The van der Waals surface area contributed by atoms with Crippen LogP contribution in [-0.4, -0.2) is 10.2 Å². The van der Waals surface area contributed by atoms with E-state index in [1.165, 1.54) is 11.3 Å². The van der Waals surface area contributed by atoms with Crippen molar-refractivity contribution < 1.29 is 0 Å². The number of rotatable bonds is 3. The molecule has 2 aromatic carbocycles. The van der Waals surface area contributed by atoms with Gasteiger partial charge in [0.2, 0.25) is 0 Å². The van der Waals surface area contributed by atoms with Gasteiger partial charge in [-0.1, -0.05) is 65.4 Å². The number of benzene rings is 2. The highest BCUT2D eigenvalue weighted by Gasteiger charge is 2.15. The third-order valence-electron chi connectivity index (χ3n) is 2.96. The van der Waals surface area contributed by atoms with Gasteiger partial charge < -0.3 is 5.73 Å². The van der Waals surface area contributed by atoms with Gasteiger partial charge in [-0.3, -0.25) is 0 Å². The summed E-state index contributed by atoms with van der Waals surface area (Å²) in [4.78, 5) is 0. The lowest BCUT2D eigenvalue weighted by atomic mass is 10.1. The van der Waals surface area contributed by atoms with Crippen LogP contribution in [-0.2, 0) is 0 Å². The Morgan fingerprint density at radius 3 is 2.35 bits per heavy atom. The summed E-state index contributed by atoms with van der Waals surface area (Å²) in [5.41, 5.74) is 8.25. The third kappa shape index (κ3) is 2.72. The quantitative estimate of drug-likeness (QED) is 0.798. The second-order valence-electron chi connectivity index (χ2n) is 4.34. The standard InChI is InChI=1S/C15H12ClN3S/c16-12-8-6-11(7-9-12)14-18-19-15(20-14)13(17)10-4-2-1-3-5-10/h1-9,13H,17H2. The molecule has 0 bridgehead atoms. The summed E-state index contributed by atoms with van der Waals surface area (Å²) in [6.45, 7) is 0. The van der Waals surface area contributed by atoms with Crippen LogP contribution in [0.2, 0.25) is 5.02 Å². The first kappa shape index (κ1) is 13.2. The minimum atomic E-state index is -0.241. The summed E-state index contributed by atoms with van der Waals surface area (Å²) in [7, 11) is 0. The summed E-state index contributed by atoms with van der Waals surface area (Å²) >= 11 is 7.39. The van der Waals surface area contributed by atoms with E-state index < -0.39 is 0 Å². The summed E-state index contributed by atoms with van der Waals surface area (Å²) < 4.78 is 0. The maximum Gasteiger partial charge on any atom is 0.147 e. The van der Waals surface area contributed by atoms with Gasteiger partial charge in [0.1, 0.15) is 10.0 Å². The lowest BCUT2D eigenvalue weighted by Crippen LogP contribution is -2.11. The molecule has 100 valence electrons. The largest absolute Gasteiger partial charge is 0.318 e. The molecular formula is C15H12ClN3S. The van der Waals surface area contributed by atoms with Gasteiger partial charge in [0.15, 0.2) is 0 Å². The molecule has 20 heavy (non-hydrogen) atoms. The van der Waals surface area contributed by atoms with Gasteiger partial charge in [0.05, 0.1) is 6.04 Å². The molecule has 0 saturated heterocycles. The van der Waals surface area contributed by atoms with Crippen LogP contribution in [0.15, 0.2) is 54.6 Å². The maximum atomic E-state index is 6.22. The van der Waals surface area contributed by atoms with E-state index in [0.717, 1.165) is 21.1 Å². The van der Waals surface area contributed by atoms with E-state index >= 15 is 0 Å². The molecule has 3 aromatic rings. The Balaban J connectivity index is 1.89. The molecule has 0 aliphatic heterocycles. The molecule has 1 atom stereocenters. The third-order valence-corrected chi connectivity index (χ3v) is 4.26. The number of halogens is 1. The molecule has 1 heterocycles. The van der Waals surface area contributed by atoms with Gasteiger partial charge >= 0.3 is 0 Å². The Morgan fingerprint density at radius 1 is 0.950 bits per heavy atom. The Hall–Kier alpha value is -1.75. The monoisotopic (exact) mass is 301 g/mol. The predicted octanol–water partition coefficient (Wildman–Crippen LogP) is 3.91. The molecule has 0 radical (unpaired) electrons. The molecule has 0 aliphatic rings. The molecule has 0 amide bonds. The number of nitrogens with two attached hydrogens (primary N) is 1. The van der Waals surface area contributed by atoms with Crippen LogP contribution < -0.4 is 5.73 Å². The average Bonchev–Trinajstić information content (AvgIpc) is 2.98. The Kier molecular flexibility index (Phi) is 3.78. The molecule has 1 aromatic heterocycles. The van der Waals surface area contributed by atoms with Crippen LogP contribution in [0.4, 0.5) is 0 Å². The van der Waals surface area contributed by atoms with Crippen molar-refractivity contribution in [2.24, 2.45) is 5.73 Å². The molecule has 0 saturated carbocycles.